The van der Waals surface area contributed by atoms with Crippen LogP contribution in [-0.2, 0) is 13.0 Å². The Labute approximate surface area is 129 Å². The highest BCUT2D eigenvalue weighted by Gasteiger charge is 2.13. The standard InChI is InChI=1S/C19H17NO2/c1-2-11-20-13-15(16-8-5-6-10-18(16)20)12-14-7-3-4-9-17(14)19(21)22/h2-10,13H,1,11-12H2,(H,21,22). The van der Waals surface area contributed by atoms with Crippen LogP contribution in [0.4, 0.5) is 0 Å². The number of hydrogen-bond acceptors (Lipinski definition) is 1. The zero-order valence-electron chi connectivity index (χ0n) is 12.2. The zero-order valence-corrected chi connectivity index (χ0v) is 12.2. The van der Waals surface area contributed by atoms with Crippen LogP contribution < -0.4 is 0 Å². The third-order valence-corrected chi connectivity index (χ3v) is 3.83. The summed E-state index contributed by atoms with van der Waals surface area (Å²) in [7, 11) is 0. The van der Waals surface area contributed by atoms with Gasteiger partial charge in [-0.1, -0.05) is 42.5 Å². The summed E-state index contributed by atoms with van der Waals surface area (Å²) in [6, 6.07) is 15.3. The van der Waals surface area contributed by atoms with Gasteiger partial charge in [0.15, 0.2) is 0 Å². The van der Waals surface area contributed by atoms with Crippen LogP contribution in [0.5, 0.6) is 0 Å². The number of allylic oxidation sites excluding steroid dienone is 1. The summed E-state index contributed by atoms with van der Waals surface area (Å²) in [6.45, 7) is 4.53. The maximum atomic E-state index is 11.4. The Kier molecular flexibility index (Phi) is 3.79. The number of benzene rings is 2. The van der Waals surface area contributed by atoms with Crippen LogP contribution in [-0.4, -0.2) is 15.6 Å². The summed E-state index contributed by atoms with van der Waals surface area (Å²) in [6.07, 6.45) is 4.56. The Morgan fingerprint density at radius 2 is 1.82 bits per heavy atom. The van der Waals surface area contributed by atoms with E-state index in [1.165, 1.54) is 0 Å². The maximum absolute atomic E-state index is 11.4. The molecule has 3 nitrogen and oxygen atoms in total. The number of carbonyl (C=O) groups is 1. The van der Waals surface area contributed by atoms with Gasteiger partial charge in [0.25, 0.3) is 0 Å². The first kappa shape index (κ1) is 14.1. The van der Waals surface area contributed by atoms with Gasteiger partial charge < -0.3 is 9.67 Å². The molecule has 3 heteroatoms. The Morgan fingerprint density at radius 3 is 2.59 bits per heavy atom. The third-order valence-electron chi connectivity index (χ3n) is 3.83. The van der Waals surface area contributed by atoms with E-state index in [2.05, 4.69) is 29.5 Å². The fourth-order valence-corrected chi connectivity index (χ4v) is 2.84. The number of hydrogen-bond donors (Lipinski definition) is 1. The molecule has 0 unspecified atom stereocenters. The molecule has 1 aromatic heterocycles. The van der Waals surface area contributed by atoms with E-state index in [9.17, 15) is 9.90 Å². The van der Waals surface area contributed by atoms with E-state index >= 15 is 0 Å². The molecule has 0 amide bonds. The average Bonchev–Trinajstić information content (AvgIpc) is 2.86. The van der Waals surface area contributed by atoms with E-state index < -0.39 is 5.97 Å². The summed E-state index contributed by atoms with van der Waals surface area (Å²) in [4.78, 5) is 11.4. The summed E-state index contributed by atoms with van der Waals surface area (Å²) in [5.41, 5.74) is 3.47. The number of carboxylic acids is 1. The third kappa shape index (κ3) is 2.53. The van der Waals surface area contributed by atoms with Crippen molar-refractivity contribution in [2.75, 3.05) is 0 Å². The second-order valence-corrected chi connectivity index (χ2v) is 5.25. The Balaban J connectivity index is 2.08. The monoisotopic (exact) mass is 291 g/mol. The molecule has 0 aliphatic carbocycles. The van der Waals surface area contributed by atoms with Crippen LogP contribution in [0.15, 0.2) is 67.4 Å². The predicted octanol–water partition coefficient (Wildman–Crippen LogP) is 4.12. The first-order valence-corrected chi connectivity index (χ1v) is 7.19. The van der Waals surface area contributed by atoms with Crippen molar-refractivity contribution in [2.24, 2.45) is 0 Å². The lowest BCUT2D eigenvalue weighted by Gasteiger charge is -2.05. The quantitative estimate of drug-likeness (QED) is 0.719. The van der Waals surface area contributed by atoms with Crippen LogP contribution in [0, 0.1) is 0 Å². The van der Waals surface area contributed by atoms with E-state index in [0.29, 0.717) is 12.0 Å². The van der Waals surface area contributed by atoms with Crippen molar-refractivity contribution >= 4 is 16.9 Å². The molecule has 0 fully saturated rings. The second-order valence-electron chi connectivity index (χ2n) is 5.25. The highest BCUT2D eigenvalue weighted by molar-refractivity contribution is 5.90. The lowest BCUT2D eigenvalue weighted by molar-refractivity contribution is 0.0696. The largest absolute Gasteiger partial charge is 0.478 e. The lowest BCUT2D eigenvalue weighted by atomic mass is 9.99. The molecule has 0 spiro atoms. The number of carboxylic acid groups (broad SMARTS) is 1. The molecule has 1 N–H and O–H groups in total. The van der Waals surface area contributed by atoms with E-state index in [4.69, 9.17) is 0 Å². The van der Waals surface area contributed by atoms with Crippen LogP contribution >= 0.6 is 0 Å². The van der Waals surface area contributed by atoms with Gasteiger partial charge in [-0.25, -0.2) is 4.79 Å². The summed E-state index contributed by atoms with van der Waals surface area (Å²) >= 11 is 0. The topological polar surface area (TPSA) is 42.2 Å². The molecular weight excluding hydrogens is 274 g/mol. The summed E-state index contributed by atoms with van der Waals surface area (Å²) in [5.74, 6) is -0.884. The van der Waals surface area contributed by atoms with E-state index in [-0.39, 0.29) is 0 Å². The van der Waals surface area contributed by atoms with Crippen LogP contribution in [0.3, 0.4) is 0 Å². The normalized spacial score (nSPS) is 10.7. The molecule has 0 aliphatic heterocycles. The van der Waals surface area contributed by atoms with Gasteiger partial charge in [-0.2, -0.15) is 0 Å². The predicted molar refractivity (Wildman–Crippen MR) is 88.3 cm³/mol. The molecule has 0 radical (unpaired) electrons. The highest BCUT2D eigenvalue weighted by Crippen LogP contribution is 2.25. The SMILES string of the molecule is C=CCn1cc(Cc2ccccc2C(=O)O)c2ccccc21. The first-order chi connectivity index (χ1) is 10.7. The van der Waals surface area contributed by atoms with Crippen LogP contribution in [0.1, 0.15) is 21.5 Å². The lowest BCUT2D eigenvalue weighted by Crippen LogP contribution is -2.02. The van der Waals surface area contributed by atoms with Gasteiger partial charge in [-0.15, -0.1) is 6.58 Å². The molecule has 110 valence electrons. The molecule has 2 aromatic carbocycles. The Hall–Kier alpha value is -2.81. The molecule has 3 rings (SSSR count). The van der Waals surface area contributed by atoms with Gasteiger partial charge in [-0.05, 0) is 23.3 Å². The second kappa shape index (κ2) is 5.90. The Morgan fingerprint density at radius 1 is 1.09 bits per heavy atom. The number of aromatic carboxylic acids is 1. The minimum Gasteiger partial charge on any atom is -0.478 e. The molecule has 0 saturated heterocycles. The van der Waals surface area contributed by atoms with E-state index in [1.54, 1.807) is 12.1 Å². The molecular formula is C19H17NO2. The zero-order chi connectivity index (χ0) is 15.5. The van der Waals surface area contributed by atoms with E-state index in [0.717, 1.165) is 28.6 Å². The van der Waals surface area contributed by atoms with Gasteiger partial charge in [0, 0.05) is 30.1 Å². The van der Waals surface area contributed by atoms with Gasteiger partial charge in [0.1, 0.15) is 0 Å². The molecule has 3 aromatic rings. The summed E-state index contributed by atoms with van der Waals surface area (Å²) < 4.78 is 2.14. The number of nitrogens with zero attached hydrogens (tertiary/aromatic N) is 1. The molecule has 0 aliphatic rings. The van der Waals surface area contributed by atoms with Gasteiger partial charge in [0.2, 0.25) is 0 Å². The van der Waals surface area contributed by atoms with Crippen molar-refractivity contribution in [2.45, 2.75) is 13.0 Å². The fourth-order valence-electron chi connectivity index (χ4n) is 2.84. The minimum absolute atomic E-state index is 0.364. The number of aromatic nitrogens is 1. The smallest absolute Gasteiger partial charge is 0.335 e. The highest BCUT2D eigenvalue weighted by atomic mass is 16.4. The molecule has 0 atom stereocenters. The minimum atomic E-state index is -0.884. The van der Waals surface area contributed by atoms with E-state index in [1.807, 2.05) is 30.3 Å². The van der Waals surface area contributed by atoms with Crippen molar-refractivity contribution in [3.05, 3.63) is 84.1 Å². The van der Waals surface area contributed by atoms with Gasteiger partial charge >= 0.3 is 5.97 Å². The van der Waals surface area contributed by atoms with Crippen LogP contribution in [0.2, 0.25) is 0 Å². The molecule has 22 heavy (non-hydrogen) atoms. The van der Waals surface area contributed by atoms with Gasteiger partial charge in [0.05, 0.1) is 5.56 Å². The maximum Gasteiger partial charge on any atom is 0.335 e. The van der Waals surface area contributed by atoms with Crippen molar-refractivity contribution in [3.8, 4) is 0 Å². The Bertz CT molecular complexity index is 846. The fraction of sp³-hybridized carbons (Fsp3) is 0.105. The van der Waals surface area contributed by atoms with Crippen molar-refractivity contribution in [1.82, 2.24) is 4.57 Å². The average molecular weight is 291 g/mol. The first-order valence-electron chi connectivity index (χ1n) is 7.19. The van der Waals surface area contributed by atoms with Crippen LogP contribution in [0.25, 0.3) is 10.9 Å². The number of rotatable bonds is 5. The molecule has 0 saturated carbocycles. The molecule has 1 heterocycles. The van der Waals surface area contributed by atoms with Crippen molar-refractivity contribution in [1.29, 1.82) is 0 Å². The molecule has 0 bridgehead atoms. The van der Waals surface area contributed by atoms with Gasteiger partial charge in [-0.3, -0.25) is 0 Å². The number of para-hydroxylation sites is 1. The number of fused-ring (bicyclic) bond motifs is 1. The summed E-state index contributed by atoms with van der Waals surface area (Å²) in [5, 5.41) is 10.5. The van der Waals surface area contributed by atoms with Crippen molar-refractivity contribution < 1.29 is 9.90 Å². The van der Waals surface area contributed by atoms with Crippen molar-refractivity contribution in [3.63, 3.8) is 0 Å².